The number of benzene rings is 2. The van der Waals surface area contributed by atoms with Crippen LogP contribution < -0.4 is 4.74 Å². The molecule has 100 valence electrons. The molecule has 2 aromatic carbocycles. The van der Waals surface area contributed by atoms with Crippen LogP contribution >= 0.6 is 15.9 Å². The Balaban J connectivity index is 1.72. The maximum absolute atomic E-state index is 5.77. The van der Waals surface area contributed by atoms with E-state index in [1.165, 1.54) is 0 Å². The lowest BCUT2D eigenvalue weighted by atomic mass is 10.2. The fourth-order valence-electron chi connectivity index (χ4n) is 1.74. The van der Waals surface area contributed by atoms with Crippen LogP contribution in [0.15, 0.2) is 59.3 Å². The van der Waals surface area contributed by atoms with Gasteiger partial charge in [-0.1, -0.05) is 34.1 Å². The monoisotopic (exact) mass is 330 g/mol. The molecule has 0 spiro atoms. The lowest BCUT2D eigenvalue weighted by Crippen LogP contribution is -1.98. The Hall–Kier alpha value is -2.21. The normalized spacial score (nSPS) is 10.4. The third-order valence-corrected chi connectivity index (χ3v) is 3.28. The van der Waals surface area contributed by atoms with E-state index in [2.05, 4.69) is 31.5 Å². The Morgan fingerprint density at radius 2 is 1.95 bits per heavy atom. The quantitative estimate of drug-likeness (QED) is 0.737. The van der Waals surface area contributed by atoms with Gasteiger partial charge in [0.25, 0.3) is 0 Å². The predicted molar refractivity (Wildman–Crippen MR) is 77.6 cm³/mol. The van der Waals surface area contributed by atoms with Crippen LogP contribution in [0.2, 0.25) is 0 Å². The number of aromatic nitrogens is 4. The molecule has 0 radical (unpaired) electrons. The number of hydrogen-bond donors (Lipinski definition) is 0. The van der Waals surface area contributed by atoms with E-state index < -0.39 is 0 Å². The van der Waals surface area contributed by atoms with Gasteiger partial charge < -0.3 is 4.74 Å². The van der Waals surface area contributed by atoms with Crippen molar-refractivity contribution in [3.05, 3.63) is 64.9 Å². The van der Waals surface area contributed by atoms with Crippen molar-refractivity contribution in [3.63, 3.8) is 0 Å². The first-order valence-electron chi connectivity index (χ1n) is 6.02. The molecule has 0 N–H and O–H groups in total. The topological polar surface area (TPSA) is 52.8 Å². The first-order chi connectivity index (χ1) is 9.81. The summed E-state index contributed by atoms with van der Waals surface area (Å²) < 4.78 is 8.42. The van der Waals surface area contributed by atoms with E-state index >= 15 is 0 Å². The van der Waals surface area contributed by atoms with Crippen LogP contribution in [-0.2, 0) is 6.61 Å². The zero-order valence-electron chi connectivity index (χ0n) is 10.5. The lowest BCUT2D eigenvalue weighted by Gasteiger charge is -2.08. The van der Waals surface area contributed by atoms with Crippen LogP contribution in [0.25, 0.3) is 5.69 Å². The summed E-state index contributed by atoms with van der Waals surface area (Å²) in [6.07, 6.45) is 1.55. The molecule has 1 heterocycles. The minimum Gasteiger partial charge on any atom is -0.489 e. The van der Waals surface area contributed by atoms with Crippen LogP contribution in [0.3, 0.4) is 0 Å². The van der Waals surface area contributed by atoms with Gasteiger partial charge in [0, 0.05) is 10.5 Å². The smallest absolute Gasteiger partial charge is 0.143 e. The molecule has 0 saturated carbocycles. The SMILES string of the molecule is Brc1ccc(COc2cccc(-n3cnnn3)c2)cc1. The predicted octanol–water partition coefficient (Wildman–Crippen LogP) is 3.00. The highest BCUT2D eigenvalue weighted by molar-refractivity contribution is 9.10. The zero-order chi connectivity index (χ0) is 13.8. The molecule has 0 atom stereocenters. The molecule has 0 saturated heterocycles. The number of tetrazole rings is 1. The summed E-state index contributed by atoms with van der Waals surface area (Å²) in [5.41, 5.74) is 1.98. The van der Waals surface area contributed by atoms with Crippen molar-refractivity contribution in [1.82, 2.24) is 20.2 Å². The van der Waals surface area contributed by atoms with Gasteiger partial charge in [0.1, 0.15) is 18.7 Å². The van der Waals surface area contributed by atoms with Gasteiger partial charge in [-0.05, 0) is 40.3 Å². The number of nitrogens with zero attached hydrogens (tertiary/aromatic N) is 4. The van der Waals surface area contributed by atoms with Gasteiger partial charge >= 0.3 is 0 Å². The molecule has 0 amide bonds. The molecule has 6 heteroatoms. The fourth-order valence-corrected chi connectivity index (χ4v) is 2.01. The standard InChI is InChI=1S/C14H11BrN4O/c15-12-6-4-11(5-7-12)9-20-14-3-1-2-13(8-14)19-10-16-17-18-19/h1-8,10H,9H2. The molecular weight excluding hydrogens is 320 g/mol. The van der Waals surface area contributed by atoms with Crippen molar-refractivity contribution in [2.75, 3.05) is 0 Å². The molecule has 3 rings (SSSR count). The van der Waals surface area contributed by atoms with Crippen molar-refractivity contribution in [2.24, 2.45) is 0 Å². The molecule has 0 aliphatic rings. The largest absolute Gasteiger partial charge is 0.489 e. The second-order valence-electron chi connectivity index (χ2n) is 4.17. The maximum Gasteiger partial charge on any atom is 0.143 e. The summed E-state index contributed by atoms with van der Waals surface area (Å²) in [5.74, 6) is 0.779. The van der Waals surface area contributed by atoms with Crippen molar-refractivity contribution in [2.45, 2.75) is 6.61 Å². The Kier molecular flexibility index (Phi) is 3.73. The minimum absolute atomic E-state index is 0.520. The number of rotatable bonds is 4. The average Bonchev–Trinajstić information content (AvgIpc) is 3.01. The van der Waals surface area contributed by atoms with E-state index in [1.807, 2.05) is 48.5 Å². The first-order valence-corrected chi connectivity index (χ1v) is 6.81. The first kappa shape index (κ1) is 12.8. The fraction of sp³-hybridized carbons (Fsp3) is 0.0714. The molecule has 5 nitrogen and oxygen atoms in total. The highest BCUT2D eigenvalue weighted by Crippen LogP contribution is 2.18. The van der Waals surface area contributed by atoms with E-state index in [1.54, 1.807) is 11.0 Å². The highest BCUT2D eigenvalue weighted by atomic mass is 79.9. The van der Waals surface area contributed by atoms with Gasteiger partial charge in [-0.25, -0.2) is 4.68 Å². The second-order valence-corrected chi connectivity index (χ2v) is 5.08. The molecule has 0 aliphatic carbocycles. The Labute approximate surface area is 124 Å². The van der Waals surface area contributed by atoms with Gasteiger partial charge in [-0.2, -0.15) is 0 Å². The van der Waals surface area contributed by atoms with Crippen LogP contribution in [0.4, 0.5) is 0 Å². The third kappa shape index (κ3) is 3.03. The number of halogens is 1. The molecular formula is C14H11BrN4O. The van der Waals surface area contributed by atoms with Gasteiger partial charge in [-0.15, -0.1) is 5.10 Å². The third-order valence-electron chi connectivity index (χ3n) is 2.75. The second kappa shape index (κ2) is 5.83. The van der Waals surface area contributed by atoms with Gasteiger partial charge in [-0.3, -0.25) is 0 Å². The van der Waals surface area contributed by atoms with E-state index in [0.29, 0.717) is 6.61 Å². The summed E-state index contributed by atoms with van der Waals surface area (Å²) in [4.78, 5) is 0. The number of ether oxygens (including phenoxy) is 1. The molecule has 0 fully saturated rings. The van der Waals surface area contributed by atoms with Gasteiger partial charge in [0.15, 0.2) is 0 Å². The van der Waals surface area contributed by atoms with Crippen LogP contribution in [0.1, 0.15) is 5.56 Å². The van der Waals surface area contributed by atoms with E-state index in [9.17, 15) is 0 Å². The molecule has 20 heavy (non-hydrogen) atoms. The Morgan fingerprint density at radius 3 is 2.70 bits per heavy atom. The number of hydrogen-bond acceptors (Lipinski definition) is 4. The van der Waals surface area contributed by atoms with Crippen LogP contribution in [0.5, 0.6) is 5.75 Å². The maximum atomic E-state index is 5.77. The van der Waals surface area contributed by atoms with E-state index in [4.69, 9.17) is 4.74 Å². The molecule has 1 aromatic heterocycles. The van der Waals surface area contributed by atoms with Crippen molar-refractivity contribution in [3.8, 4) is 11.4 Å². The molecule has 0 bridgehead atoms. The summed E-state index contributed by atoms with van der Waals surface area (Å²) in [5, 5.41) is 11.1. The molecule has 0 unspecified atom stereocenters. The minimum atomic E-state index is 0.520. The van der Waals surface area contributed by atoms with Gasteiger partial charge in [0.05, 0.1) is 5.69 Å². The summed E-state index contributed by atoms with van der Waals surface area (Å²) in [7, 11) is 0. The lowest BCUT2D eigenvalue weighted by molar-refractivity contribution is 0.306. The van der Waals surface area contributed by atoms with Crippen LogP contribution in [0, 0.1) is 0 Å². The van der Waals surface area contributed by atoms with Crippen molar-refractivity contribution >= 4 is 15.9 Å². The average molecular weight is 331 g/mol. The summed E-state index contributed by atoms with van der Waals surface area (Å²) >= 11 is 3.41. The summed E-state index contributed by atoms with van der Waals surface area (Å²) in [6, 6.07) is 15.7. The van der Waals surface area contributed by atoms with Crippen LogP contribution in [-0.4, -0.2) is 20.2 Å². The van der Waals surface area contributed by atoms with Crippen molar-refractivity contribution in [1.29, 1.82) is 0 Å². The van der Waals surface area contributed by atoms with Crippen molar-refractivity contribution < 1.29 is 4.74 Å². The summed E-state index contributed by atoms with van der Waals surface area (Å²) in [6.45, 7) is 0.520. The Morgan fingerprint density at radius 1 is 1.10 bits per heavy atom. The zero-order valence-corrected chi connectivity index (χ0v) is 12.1. The van der Waals surface area contributed by atoms with E-state index in [0.717, 1.165) is 21.5 Å². The Bertz CT molecular complexity index is 683. The van der Waals surface area contributed by atoms with E-state index in [-0.39, 0.29) is 0 Å². The molecule has 3 aromatic rings. The molecule has 0 aliphatic heterocycles. The van der Waals surface area contributed by atoms with Gasteiger partial charge in [0.2, 0.25) is 0 Å². The highest BCUT2D eigenvalue weighted by Gasteiger charge is 2.01.